The molecule has 0 amide bonds. The van der Waals surface area contributed by atoms with Gasteiger partial charge in [-0.3, -0.25) is 9.30 Å². The van der Waals surface area contributed by atoms with Crippen LogP contribution in [-0.2, 0) is 11.3 Å². The zero-order valence-electron chi connectivity index (χ0n) is 17.5. The Kier molecular flexibility index (Phi) is 6.93. The summed E-state index contributed by atoms with van der Waals surface area (Å²) < 4.78 is 7.71. The van der Waals surface area contributed by atoms with Gasteiger partial charge in [0.1, 0.15) is 6.54 Å². The van der Waals surface area contributed by atoms with Crippen LogP contribution in [0.1, 0.15) is 30.6 Å². The highest BCUT2D eigenvalue weighted by atomic mass is 32.1. The third-order valence-corrected chi connectivity index (χ3v) is 6.13. The molecule has 1 saturated heterocycles. The van der Waals surface area contributed by atoms with E-state index in [2.05, 4.69) is 57.1 Å². The molecule has 0 bridgehead atoms. The summed E-state index contributed by atoms with van der Waals surface area (Å²) in [6.45, 7) is 8.89. The molecule has 2 atom stereocenters. The van der Waals surface area contributed by atoms with Gasteiger partial charge in [-0.1, -0.05) is 12.1 Å². The lowest BCUT2D eigenvalue weighted by Crippen LogP contribution is -2.48. The quantitative estimate of drug-likeness (QED) is 0.445. The molecule has 30 heavy (non-hydrogen) atoms. The van der Waals surface area contributed by atoms with Gasteiger partial charge >= 0.3 is 0 Å². The molecule has 0 spiro atoms. The number of nitrogens with one attached hydrogen (secondary N) is 2. The van der Waals surface area contributed by atoms with Gasteiger partial charge in [-0.15, -0.1) is 21.5 Å². The smallest absolute Gasteiger partial charge is 0.191 e. The van der Waals surface area contributed by atoms with Crippen molar-refractivity contribution in [2.75, 3.05) is 32.8 Å². The molecule has 0 aromatic carbocycles. The predicted octanol–water partition coefficient (Wildman–Crippen LogP) is 2.31. The molecule has 2 unspecified atom stereocenters. The number of ether oxygens (including phenoxy) is 1. The van der Waals surface area contributed by atoms with Crippen molar-refractivity contribution in [1.29, 1.82) is 0 Å². The summed E-state index contributed by atoms with van der Waals surface area (Å²) >= 11 is 1.80. The maximum absolute atomic E-state index is 5.74. The van der Waals surface area contributed by atoms with E-state index in [1.54, 1.807) is 11.3 Å². The summed E-state index contributed by atoms with van der Waals surface area (Å²) in [7, 11) is 0. The second-order valence-electron chi connectivity index (χ2n) is 7.33. The lowest BCUT2D eigenvalue weighted by Gasteiger charge is -2.37. The lowest BCUT2D eigenvalue weighted by atomic mass is 10.1. The van der Waals surface area contributed by atoms with Crippen molar-refractivity contribution in [2.24, 2.45) is 4.99 Å². The highest BCUT2D eigenvalue weighted by molar-refractivity contribution is 7.10. The minimum absolute atomic E-state index is 0.254. The number of nitrogens with zero attached hydrogens (tertiary/aromatic N) is 5. The fourth-order valence-electron chi connectivity index (χ4n) is 3.70. The van der Waals surface area contributed by atoms with E-state index in [-0.39, 0.29) is 12.1 Å². The molecule has 3 aromatic heterocycles. The van der Waals surface area contributed by atoms with Crippen LogP contribution in [0.5, 0.6) is 0 Å². The third-order valence-electron chi connectivity index (χ3n) is 5.15. The van der Waals surface area contributed by atoms with Crippen LogP contribution < -0.4 is 10.6 Å². The number of aromatic nitrogens is 3. The molecule has 3 aromatic rings. The van der Waals surface area contributed by atoms with Crippen molar-refractivity contribution in [1.82, 2.24) is 30.1 Å². The Morgan fingerprint density at radius 2 is 2.23 bits per heavy atom. The van der Waals surface area contributed by atoms with Crippen molar-refractivity contribution >= 4 is 22.9 Å². The van der Waals surface area contributed by atoms with Crippen LogP contribution in [-0.4, -0.2) is 64.3 Å². The first kappa shape index (κ1) is 20.8. The van der Waals surface area contributed by atoms with E-state index in [0.29, 0.717) is 6.54 Å². The van der Waals surface area contributed by atoms with Crippen molar-refractivity contribution in [3.63, 3.8) is 0 Å². The average Bonchev–Trinajstić information content (AvgIpc) is 3.42. The van der Waals surface area contributed by atoms with Crippen molar-refractivity contribution in [3.8, 4) is 0 Å². The summed E-state index contributed by atoms with van der Waals surface area (Å²) in [5.41, 5.74) is 0.833. The van der Waals surface area contributed by atoms with Crippen LogP contribution in [0.15, 0.2) is 46.9 Å². The predicted molar refractivity (Wildman–Crippen MR) is 120 cm³/mol. The van der Waals surface area contributed by atoms with Crippen LogP contribution in [0.25, 0.3) is 5.65 Å². The van der Waals surface area contributed by atoms with E-state index in [4.69, 9.17) is 9.73 Å². The molecular formula is C21H29N7OS. The molecule has 0 saturated carbocycles. The molecule has 9 heteroatoms. The van der Waals surface area contributed by atoms with E-state index in [1.165, 1.54) is 4.88 Å². The third kappa shape index (κ3) is 4.97. The molecule has 4 heterocycles. The Labute approximate surface area is 181 Å². The zero-order chi connectivity index (χ0) is 20.8. The number of hydrogen-bond acceptors (Lipinski definition) is 6. The van der Waals surface area contributed by atoms with Gasteiger partial charge in [-0.25, -0.2) is 4.99 Å². The SMILES string of the molecule is CCNC(=NCc1nnc2ccccn12)NCC(c1cccs1)N1CCOC(C)C1. The number of aliphatic imine (C=N–C) groups is 1. The summed E-state index contributed by atoms with van der Waals surface area (Å²) in [4.78, 5) is 8.61. The maximum atomic E-state index is 5.74. The molecule has 0 radical (unpaired) electrons. The van der Waals surface area contributed by atoms with Crippen LogP contribution >= 0.6 is 11.3 Å². The highest BCUT2D eigenvalue weighted by Gasteiger charge is 2.26. The number of morpholine rings is 1. The normalized spacial score (nSPS) is 19.1. The van der Waals surface area contributed by atoms with E-state index in [0.717, 1.165) is 50.2 Å². The standard InChI is InChI=1S/C21H29N7OS/c1-3-22-21(24-14-20-26-25-19-8-4-5-9-28(19)20)23-13-17(18-7-6-12-30-18)27-10-11-29-16(2)15-27/h4-9,12,16-17H,3,10-11,13-15H2,1-2H3,(H2,22,23,24). The average molecular weight is 428 g/mol. The first-order valence-electron chi connectivity index (χ1n) is 10.4. The largest absolute Gasteiger partial charge is 0.376 e. The van der Waals surface area contributed by atoms with Gasteiger partial charge in [0.15, 0.2) is 17.4 Å². The van der Waals surface area contributed by atoms with E-state index in [1.807, 2.05) is 28.8 Å². The van der Waals surface area contributed by atoms with Gasteiger partial charge in [-0.2, -0.15) is 0 Å². The molecular weight excluding hydrogens is 398 g/mol. The Balaban J connectivity index is 1.46. The minimum Gasteiger partial charge on any atom is -0.376 e. The van der Waals surface area contributed by atoms with Crippen molar-refractivity contribution in [2.45, 2.75) is 32.5 Å². The van der Waals surface area contributed by atoms with Crippen molar-refractivity contribution < 1.29 is 4.74 Å². The fourth-order valence-corrected chi connectivity index (χ4v) is 4.56. The number of rotatable bonds is 7. The van der Waals surface area contributed by atoms with Gasteiger partial charge in [0, 0.05) is 37.3 Å². The Hall–Kier alpha value is -2.49. The van der Waals surface area contributed by atoms with Crippen molar-refractivity contribution in [3.05, 3.63) is 52.6 Å². The minimum atomic E-state index is 0.254. The Bertz CT molecular complexity index is 955. The first-order chi connectivity index (χ1) is 14.7. The van der Waals surface area contributed by atoms with Crippen LogP contribution in [0.4, 0.5) is 0 Å². The van der Waals surface area contributed by atoms with Crippen LogP contribution in [0.3, 0.4) is 0 Å². The molecule has 1 fully saturated rings. The number of guanidine groups is 1. The van der Waals surface area contributed by atoms with Crippen LogP contribution in [0, 0.1) is 0 Å². The summed E-state index contributed by atoms with van der Waals surface area (Å²) in [5.74, 6) is 1.60. The number of thiophene rings is 1. The zero-order valence-corrected chi connectivity index (χ0v) is 18.3. The van der Waals surface area contributed by atoms with Crippen LogP contribution in [0.2, 0.25) is 0 Å². The number of pyridine rings is 1. The molecule has 0 aliphatic carbocycles. The summed E-state index contributed by atoms with van der Waals surface area (Å²) in [6.07, 6.45) is 2.22. The molecule has 1 aliphatic heterocycles. The van der Waals surface area contributed by atoms with E-state index in [9.17, 15) is 0 Å². The molecule has 4 rings (SSSR count). The van der Waals surface area contributed by atoms with Gasteiger partial charge in [-0.05, 0) is 37.4 Å². The maximum Gasteiger partial charge on any atom is 0.191 e. The summed E-state index contributed by atoms with van der Waals surface area (Å²) in [6, 6.07) is 10.5. The van der Waals surface area contributed by atoms with E-state index >= 15 is 0 Å². The lowest BCUT2D eigenvalue weighted by molar-refractivity contribution is -0.0334. The van der Waals surface area contributed by atoms with Gasteiger partial charge in [0.05, 0.1) is 18.8 Å². The Morgan fingerprint density at radius 3 is 3.03 bits per heavy atom. The van der Waals surface area contributed by atoms with Gasteiger partial charge < -0.3 is 15.4 Å². The fraction of sp³-hybridized carbons (Fsp3) is 0.476. The number of hydrogen-bond donors (Lipinski definition) is 2. The second-order valence-corrected chi connectivity index (χ2v) is 8.31. The van der Waals surface area contributed by atoms with Gasteiger partial charge in [0.2, 0.25) is 0 Å². The van der Waals surface area contributed by atoms with E-state index < -0.39 is 0 Å². The molecule has 2 N–H and O–H groups in total. The second kappa shape index (κ2) is 10.0. The molecule has 8 nitrogen and oxygen atoms in total. The summed E-state index contributed by atoms with van der Waals surface area (Å²) in [5, 5.41) is 17.5. The highest BCUT2D eigenvalue weighted by Crippen LogP contribution is 2.26. The van der Waals surface area contributed by atoms with Gasteiger partial charge in [0.25, 0.3) is 0 Å². The first-order valence-corrected chi connectivity index (χ1v) is 11.3. The number of fused-ring (bicyclic) bond motifs is 1. The monoisotopic (exact) mass is 427 g/mol. The molecule has 1 aliphatic rings. The Morgan fingerprint density at radius 1 is 1.30 bits per heavy atom. The molecule has 160 valence electrons. The topological polar surface area (TPSA) is 79.1 Å².